The molecule has 1 fully saturated rings. The van der Waals surface area contributed by atoms with E-state index in [0.717, 1.165) is 11.5 Å². The maximum atomic E-state index is 8.85. The van der Waals surface area contributed by atoms with Gasteiger partial charge in [-0.3, -0.25) is 0 Å². The van der Waals surface area contributed by atoms with Gasteiger partial charge in [-0.15, -0.1) is 0 Å². The van der Waals surface area contributed by atoms with Crippen LogP contribution >= 0.6 is 0 Å². The molecule has 0 N–H and O–H groups in total. The van der Waals surface area contributed by atoms with Gasteiger partial charge in [0.25, 0.3) is 0 Å². The molecule has 0 amide bonds. The fraction of sp³-hybridized carbons (Fsp3) is 0.550. The molecule has 0 aromatic heterocycles. The summed E-state index contributed by atoms with van der Waals surface area (Å²) in [5, 5.41) is 8.85. The summed E-state index contributed by atoms with van der Waals surface area (Å²) in [4.78, 5) is 0. The normalized spacial score (nSPS) is 22.3. The predicted molar refractivity (Wildman–Crippen MR) is 89.1 cm³/mol. The summed E-state index contributed by atoms with van der Waals surface area (Å²) in [5.41, 5.74) is 2.18. The highest BCUT2D eigenvalue weighted by Crippen LogP contribution is 2.36. The van der Waals surface area contributed by atoms with Gasteiger partial charge in [0, 0.05) is 0 Å². The zero-order valence-electron chi connectivity index (χ0n) is 13.2. The lowest BCUT2D eigenvalue weighted by Gasteiger charge is -2.27. The quantitative estimate of drug-likeness (QED) is 0.465. The number of hydrogen-bond donors (Lipinski definition) is 0. The molecule has 0 saturated heterocycles. The van der Waals surface area contributed by atoms with Gasteiger partial charge in [-0.25, -0.2) is 0 Å². The average molecular weight is 281 g/mol. The lowest BCUT2D eigenvalue weighted by Crippen LogP contribution is -2.11. The SMILES string of the molecule is CCCCC/C=C/[C@H]1CC[C@H](c2ccc(C#N)cc2)CC1. The predicted octanol–water partition coefficient (Wildman–Crippen LogP) is 5.97. The van der Waals surface area contributed by atoms with E-state index in [2.05, 4.69) is 37.3 Å². The Balaban J connectivity index is 1.76. The number of rotatable bonds is 6. The first-order chi connectivity index (χ1) is 10.3. The van der Waals surface area contributed by atoms with Crippen molar-refractivity contribution >= 4 is 0 Å². The van der Waals surface area contributed by atoms with Crippen LogP contribution < -0.4 is 0 Å². The summed E-state index contributed by atoms with van der Waals surface area (Å²) in [6.45, 7) is 2.26. The number of nitriles is 1. The monoisotopic (exact) mass is 281 g/mol. The molecule has 1 aliphatic rings. The second-order valence-corrected chi connectivity index (χ2v) is 6.27. The molecule has 0 bridgehead atoms. The Labute approximate surface area is 129 Å². The minimum atomic E-state index is 0.697. The maximum absolute atomic E-state index is 8.85. The third-order valence-corrected chi connectivity index (χ3v) is 4.67. The molecular weight excluding hydrogens is 254 g/mol. The van der Waals surface area contributed by atoms with Crippen molar-refractivity contribution in [1.29, 1.82) is 5.26 Å². The van der Waals surface area contributed by atoms with Gasteiger partial charge in [0.15, 0.2) is 0 Å². The van der Waals surface area contributed by atoms with Crippen molar-refractivity contribution in [2.45, 2.75) is 64.2 Å². The molecule has 0 heterocycles. The molecule has 0 radical (unpaired) electrons. The van der Waals surface area contributed by atoms with Gasteiger partial charge >= 0.3 is 0 Å². The summed E-state index contributed by atoms with van der Waals surface area (Å²) >= 11 is 0. The molecule has 1 heteroatoms. The second-order valence-electron chi connectivity index (χ2n) is 6.27. The van der Waals surface area contributed by atoms with E-state index in [1.54, 1.807) is 0 Å². The summed E-state index contributed by atoms with van der Waals surface area (Å²) in [5.74, 6) is 1.49. The average Bonchev–Trinajstić information content (AvgIpc) is 2.55. The molecule has 1 saturated carbocycles. The van der Waals surface area contributed by atoms with Gasteiger partial charge in [-0.05, 0) is 68.1 Å². The van der Waals surface area contributed by atoms with Crippen molar-refractivity contribution in [1.82, 2.24) is 0 Å². The van der Waals surface area contributed by atoms with E-state index in [1.165, 1.54) is 56.9 Å². The number of hydrogen-bond acceptors (Lipinski definition) is 1. The zero-order valence-corrected chi connectivity index (χ0v) is 13.2. The Bertz CT molecular complexity index is 470. The van der Waals surface area contributed by atoms with Crippen molar-refractivity contribution in [3.63, 3.8) is 0 Å². The van der Waals surface area contributed by atoms with Gasteiger partial charge in [-0.2, -0.15) is 5.26 Å². The molecule has 0 aliphatic heterocycles. The van der Waals surface area contributed by atoms with Crippen molar-refractivity contribution in [3.05, 3.63) is 47.5 Å². The summed E-state index contributed by atoms with van der Waals surface area (Å²) in [7, 11) is 0. The molecular formula is C20H27N. The highest BCUT2D eigenvalue weighted by Gasteiger charge is 2.20. The lowest BCUT2D eigenvalue weighted by molar-refractivity contribution is 0.375. The van der Waals surface area contributed by atoms with E-state index in [-0.39, 0.29) is 0 Å². The van der Waals surface area contributed by atoms with E-state index < -0.39 is 0 Å². The van der Waals surface area contributed by atoms with Gasteiger partial charge in [0.1, 0.15) is 0 Å². The van der Waals surface area contributed by atoms with Gasteiger partial charge in [0.05, 0.1) is 11.6 Å². The Morgan fingerprint density at radius 1 is 1.10 bits per heavy atom. The number of allylic oxidation sites excluding steroid dienone is 2. The number of benzene rings is 1. The van der Waals surface area contributed by atoms with Gasteiger partial charge < -0.3 is 0 Å². The van der Waals surface area contributed by atoms with Crippen LogP contribution in [-0.2, 0) is 0 Å². The first-order valence-electron chi connectivity index (χ1n) is 8.50. The molecule has 1 nitrogen and oxygen atoms in total. The number of nitrogens with zero attached hydrogens (tertiary/aromatic N) is 1. The minimum Gasteiger partial charge on any atom is -0.192 e. The molecule has 21 heavy (non-hydrogen) atoms. The Hall–Kier alpha value is -1.55. The van der Waals surface area contributed by atoms with Crippen molar-refractivity contribution < 1.29 is 0 Å². The van der Waals surface area contributed by atoms with E-state index in [9.17, 15) is 0 Å². The van der Waals surface area contributed by atoms with Crippen LogP contribution in [0.2, 0.25) is 0 Å². The first kappa shape index (κ1) is 15.8. The topological polar surface area (TPSA) is 23.8 Å². The summed E-state index contributed by atoms with van der Waals surface area (Å²) in [6, 6.07) is 10.4. The third-order valence-electron chi connectivity index (χ3n) is 4.67. The molecule has 0 spiro atoms. The molecule has 1 aromatic carbocycles. The molecule has 2 rings (SSSR count). The van der Waals surface area contributed by atoms with Crippen LogP contribution in [0.1, 0.15) is 75.3 Å². The fourth-order valence-electron chi connectivity index (χ4n) is 3.28. The van der Waals surface area contributed by atoms with Crippen LogP contribution in [-0.4, -0.2) is 0 Å². The summed E-state index contributed by atoms with van der Waals surface area (Å²) in [6.07, 6.45) is 15.3. The molecule has 1 aromatic rings. The van der Waals surface area contributed by atoms with Crippen LogP contribution in [0.5, 0.6) is 0 Å². The van der Waals surface area contributed by atoms with Crippen LogP contribution in [0.25, 0.3) is 0 Å². The Morgan fingerprint density at radius 3 is 2.43 bits per heavy atom. The van der Waals surface area contributed by atoms with Gasteiger partial charge in [-0.1, -0.05) is 44.1 Å². The van der Waals surface area contributed by atoms with Gasteiger partial charge in [0.2, 0.25) is 0 Å². The Morgan fingerprint density at radius 2 is 1.81 bits per heavy atom. The molecule has 112 valence electrons. The molecule has 1 aliphatic carbocycles. The fourth-order valence-corrected chi connectivity index (χ4v) is 3.28. The largest absolute Gasteiger partial charge is 0.192 e. The second kappa shape index (κ2) is 8.67. The van der Waals surface area contributed by atoms with Crippen molar-refractivity contribution in [2.75, 3.05) is 0 Å². The Kier molecular flexibility index (Phi) is 6.54. The molecule has 0 unspecified atom stereocenters. The van der Waals surface area contributed by atoms with E-state index in [4.69, 9.17) is 5.26 Å². The molecule has 0 atom stereocenters. The number of unbranched alkanes of at least 4 members (excludes halogenated alkanes) is 3. The van der Waals surface area contributed by atoms with Crippen LogP contribution in [0.15, 0.2) is 36.4 Å². The van der Waals surface area contributed by atoms with Crippen LogP contribution in [0.4, 0.5) is 0 Å². The lowest BCUT2D eigenvalue weighted by atomic mass is 9.78. The van der Waals surface area contributed by atoms with Crippen molar-refractivity contribution in [3.8, 4) is 6.07 Å². The highest BCUT2D eigenvalue weighted by molar-refractivity contribution is 5.33. The minimum absolute atomic E-state index is 0.697. The standard InChI is InChI=1S/C20H27N/c1-2-3-4-5-6-7-17-8-12-19(13-9-17)20-14-10-18(16-21)11-15-20/h6-7,10-11,14-15,17,19H,2-5,8-9,12-13H2,1H3/b7-6+/t17-,19-. The first-order valence-corrected chi connectivity index (χ1v) is 8.50. The summed E-state index contributed by atoms with van der Waals surface area (Å²) < 4.78 is 0. The van der Waals surface area contributed by atoms with E-state index in [1.807, 2.05) is 12.1 Å². The van der Waals surface area contributed by atoms with Crippen molar-refractivity contribution in [2.24, 2.45) is 5.92 Å². The third kappa shape index (κ3) is 5.05. The van der Waals surface area contributed by atoms with Crippen LogP contribution in [0.3, 0.4) is 0 Å². The zero-order chi connectivity index (χ0) is 14.9. The van der Waals surface area contributed by atoms with E-state index in [0.29, 0.717) is 5.92 Å². The highest BCUT2D eigenvalue weighted by atomic mass is 14.3. The smallest absolute Gasteiger partial charge is 0.0991 e. The van der Waals surface area contributed by atoms with E-state index >= 15 is 0 Å². The van der Waals surface area contributed by atoms with Crippen LogP contribution in [0, 0.1) is 17.2 Å². The maximum Gasteiger partial charge on any atom is 0.0991 e.